The highest BCUT2D eigenvalue weighted by molar-refractivity contribution is 6.20. The lowest BCUT2D eigenvalue weighted by Gasteiger charge is -2.06. The summed E-state index contributed by atoms with van der Waals surface area (Å²) in [5.41, 5.74) is 3.02. The summed E-state index contributed by atoms with van der Waals surface area (Å²) in [7, 11) is 0. The molecule has 0 aliphatic rings. The van der Waals surface area contributed by atoms with E-state index in [0.717, 1.165) is 43.6 Å². The van der Waals surface area contributed by atoms with Crippen molar-refractivity contribution in [3.05, 3.63) is 54.1 Å². The van der Waals surface area contributed by atoms with Gasteiger partial charge in [0.05, 0.1) is 11.0 Å². The van der Waals surface area contributed by atoms with Crippen LogP contribution in [0.3, 0.4) is 0 Å². The van der Waals surface area contributed by atoms with Gasteiger partial charge in [-0.05, 0) is 42.5 Å². The number of rotatable bonds is 2. The largest absolute Gasteiger partial charge is 0.477 e. The molecule has 0 bridgehead atoms. The topological polar surface area (TPSA) is 40.8 Å². The molecule has 0 aliphatic carbocycles. The molecule has 2 aromatic heterocycles. The molecule has 126 valence electrons. The van der Waals surface area contributed by atoms with Crippen LogP contribution in [0.15, 0.2) is 42.5 Å². The Balaban J connectivity index is 2.00. The number of hydrogen-bond donors (Lipinski definition) is 2. The molecule has 0 amide bonds. The minimum Gasteiger partial charge on any atom is -0.477 e. The molecule has 5 heteroatoms. The Hall–Kier alpha value is -3.52. The van der Waals surface area contributed by atoms with Crippen molar-refractivity contribution in [3.63, 3.8) is 0 Å². The zero-order chi connectivity index (χ0) is 17.8. The van der Waals surface area contributed by atoms with Crippen LogP contribution in [0.1, 0.15) is 0 Å². The van der Waals surface area contributed by atoms with Gasteiger partial charge in [0.25, 0.3) is 0 Å². The average molecular weight is 346 g/mol. The highest BCUT2D eigenvalue weighted by Crippen LogP contribution is 2.41. The van der Waals surface area contributed by atoms with Gasteiger partial charge in [-0.25, -0.2) is 8.78 Å². The Morgan fingerprint density at radius 2 is 1.35 bits per heavy atom. The lowest BCUT2D eigenvalue weighted by atomic mass is 10.1. The number of nitrogens with one attached hydrogen (secondary N) is 2. The van der Waals surface area contributed by atoms with Crippen molar-refractivity contribution in [2.45, 2.75) is 0 Å². The van der Waals surface area contributed by atoms with Crippen LogP contribution in [0.5, 0.6) is 5.75 Å². The number of aromatic nitrogens is 2. The second kappa shape index (κ2) is 5.24. The Bertz CT molecular complexity index is 1280. The maximum atomic E-state index is 13.8. The van der Waals surface area contributed by atoms with Crippen molar-refractivity contribution in [1.82, 2.24) is 9.97 Å². The van der Waals surface area contributed by atoms with Crippen molar-refractivity contribution in [1.29, 1.82) is 0 Å². The minimum atomic E-state index is -0.324. The summed E-state index contributed by atoms with van der Waals surface area (Å²) < 4.78 is 33.4. The molecular weight excluding hydrogens is 334 g/mol. The molecule has 5 aromatic rings. The molecule has 2 heterocycles. The summed E-state index contributed by atoms with van der Waals surface area (Å²) in [5.74, 6) is 2.36. The van der Waals surface area contributed by atoms with Gasteiger partial charge in [-0.15, -0.1) is 6.42 Å². The van der Waals surface area contributed by atoms with E-state index >= 15 is 0 Å². The number of halogens is 2. The molecule has 5 rings (SSSR count). The van der Waals surface area contributed by atoms with Gasteiger partial charge >= 0.3 is 0 Å². The summed E-state index contributed by atoms with van der Waals surface area (Å²) in [6, 6.07) is 11.0. The normalized spacial score (nSPS) is 11.6. The van der Waals surface area contributed by atoms with Crippen molar-refractivity contribution < 1.29 is 13.5 Å². The van der Waals surface area contributed by atoms with Crippen LogP contribution in [-0.4, -0.2) is 16.6 Å². The Kier molecular flexibility index (Phi) is 2.98. The lowest BCUT2D eigenvalue weighted by molar-refractivity contribution is 0.378. The van der Waals surface area contributed by atoms with E-state index in [9.17, 15) is 8.78 Å². The Labute approximate surface area is 146 Å². The zero-order valence-electron chi connectivity index (χ0n) is 13.5. The number of aromatic amines is 2. The number of terminal acetylenes is 1. The first-order chi connectivity index (χ1) is 12.7. The monoisotopic (exact) mass is 346 g/mol. The van der Waals surface area contributed by atoms with Gasteiger partial charge in [0.1, 0.15) is 18.2 Å². The summed E-state index contributed by atoms with van der Waals surface area (Å²) in [6.45, 7) is 0.0850. The maximum absolute atomic E-state index is 13.8. The number of benzene rings is 3. The van der Waals surface area contributed by atoms with Crippen molar-refractivity contribution in [3.8, 4) is 18.1 Å². The molecule has 0 aliphatic heterocycles. The second-order valence-corrected chi connectivity index (χ2v) is 6.17. The molecule has 0 atom stereocenters. The number of H-pyrrole nitrogens is 2. The van der Waals surface area contributed by atoms with E-state index < -0.39 is 0 Å². The minimum absolute atomic E-state index is 0.0850. The van der Waals surface area contributed by atoms with Gasteiger partial charge in [0, 0.05) is 32.6 Å². The fourth-order valence-electron chi connectivity index (χ4n) is 3.56. The number of hydrogen-bond acceptors (Lipinski definition) is 1. The summed E-state index contributed by atoms with van der Waals surface area (Å²) >= 11 is 0. The SMILES string of the molecule is C#CCOc1c2[nH]c3ccc(F)cc3c2cc2c1[nH]c1ccc(F)cc12. The third-order valence-electron chi connectivity index (χ3n) is 4.64. The van der Waals surface area contributed by atoms with E-state index in [1.165, 1.54) is 24.3 Å². The average Bonchev–Trinajstić information content (AvgIpc) is 3.17. The quantitative estimate of drug-likeness (QED) is 0.421. The summed E-state index contributed by atoms with van der Waals surface area (Å²) in [6.07, 6.45) is 5.36. The predicted molar refractivity (Wildman–Crippen MR) is 99.4 cm³/mol. The van der Waals surface area contributed by atoms with E-state index in [1.54, 1.807) is 12.1 Å². The Morgan fingerprint density at radius 1 is 0.808 bits per heavy atom. The van der Waals surface area contributed by atoms with E-state index in [-0.39, 0.29) is 18.2 Å². The van der Waals surface area contributed by atoms with Crippen LogP contribution in [0.2, 0.25) is 0 Å². The lowest BCUT2D eigenvalue weighted by Crippen LogP contribution is -1.95. The van der Waals surface area contributed by atoms with Gasteiger partial charge < -0.3 is 14.7 Å². The van der Waals surface area contributed by atoms with Gasteiger partial charge in [-0.2, -0.15) is 0 Å². The molecule has 0 unspecified atom stereocenters. The first-order valence-electron chi connectivity index (χ1n) is 8.07. The molecular formula is C21H12F2N2O. The second-order valence-electron chi connectivity index (χ2n) is 6.17. The molecule has 2 N–H and O–H groups in total. The molecule has 0 radical (unpaired) electrons. The fraction of sp³-hybridized carbons (Fsp3) is 0.0476. The molecule has 0 saturated carbocycles. The van der Waals surface area contributed by atoms with E-state index in [2.05, 4.69) is 15.9 Å². The van der Waals surface area contributed by atoms with E-state index in [4.69, 9.17) is 11.2 Å². The summed E-state index contributed by atoms with van der Waals surface area (Å²) in [5, 5.41) is 3.06. The van der Waals surface area contributed by atoms with Crippen molar-refractivity contribution in [2.75, 3.05) is 6.61 Å². The third-order valence-corrected chi connectivity index (χ3v) is 4.64. The van der Waals surface area contributed by atoms with Gasteiger partial charge in [0.15, 0.2) is 5.75 Å². The highest BCUT2D eigenvalue weighted by atomic mass is 19.1. The predicted octanol–water partition coefficient (Wildman–Crippen LogP) is 5.25. The molecule has 3 nitrogen and oxygen atoms in total. The molecule has 3 aromatic carbocycles. The van der Waals surface area contributed by atoms with Gasteiger partial charge in [0.2, 0.25) is 0 Å². The summed E-state index contributed by atoms with van der Waals surface area (Å²) in [4.78, 5) is 6.55. The van der Waals surface area contributed by atoms with E-state index in [0.29, 0.717) is 5.75 Å². The van der Waals surface area contributed by atoms with Crippen molar-refractivity contribution in [2.24, 2.45) is 0 Å². The van der Waals surface area contributed by atoms with Gasteiger partial charge in [-0.3, -0.25) is 0 Å². The third kappa shape index (κ3) is 1.99. The van der Waals surface area contributed by atoms with Gasteiger partial charge in [-0.1, -0.05) is 5.92 Å². The maximum Gasteiger partial charge on any atom is 0.168 e. The number of ether oxygens (including phenoxy) is 1. The molecule has 0 fully saturated rings. The number of fused-ring (bicyclic) bond motifs is 6. The standard InChI is InChI=1S/C21H12F2N2O/c1-2-7-26-21-19-15(13-8-11(22)3-5-17(13)24-19)10-16-14-9-12(23)4-6-18(14)25-20(16)21/h1,3-6,8-10,24-25H,7H2. The molecule has 26 heavy (non-hydrogen) atoms. The highest BCUT2D eigenvalue weighted by Gasteiger charge is 2.18. The first-order valence-corrected chi connectivity index (χ1v) is 8.07. The Morgan fingerprint density at radius 3 is 1.85 bits per heavy atom. The smallest absolute Gasteiger partial charge is 0.168 e. The molecule has 0 spiro atoms. The molecule has 0 saturated heterocycles. The van der Waals surface area contributed by atoms with Crippen LogP contribution >= 0.6 is 0 Å². The fourth-order valence-corrected chi connectivity index (χ4v) is 3.56. The van der Waals surface area contributed by atoms with Crippen LogP contribution in [0.25, 0.3) is 43.6 Å². The van der Waals surface area contributed by atoms with Crippen LogP contribution in [0, 0.1) is 24.0 Å². The zero-order valence-corrected chi connectivity index (χ0v) is 13.5. The van der Waals surface area contributed by atoms with E-state index in [1.807, 2.05) is 6.07 Å². The van der Waals surface area contributed by atoms with Crippen LogP contribution in [0.4, 0.5) is 8.78 Å². The van der Waals surface area contributed by atoms with Crippen LogP contribution < -0.4 is 4.74 Å². The first kappa shape index (κ1) is 14.8. The van der Waals surface area contributed by atoms with Crippen molar-refractivity contribution >= 4 is 43.6 Å². The van der Waals surface area contributed by atoms with Crippen LogP contribution in [-0.2, 0) is 0 Å².